The summed E-state index contributed by atoms with van der Waals surface area (Å²) in [6.45, 7) is 11.5. The number of carboxylic acid groups (broad SMARTS) is 1. The topological polar surface area (TPSA) is 78.4 Å². The molecule has 1 rings (SSSR count). The normalized spacial score (nSPS) is 12.3. The number of amides is 2. The molecule has 23 heavy (non-hydrogen) atoms. The molecular formula is C18H26N2O3. The second-order valence-electron chi connectivity index (χ2n) is 6.29. The predicted molar refractivity (Wildman–Crippen MR) is 92.2 cm³/mol. The van der Waals surface area contributed by atoms with E-state index in [0.717, 1.165) is 16.7 Å². The summed E-state index contributed by atoms with van der Waals surface area (Å²) in [4.78, 5) is 22.9. The van der Waals surface area contributed by atoms with E-state index in [4.69, 9.17) is 5.11 Å². The Kier molecular flexibility index (Phi) is 6.37. The molecule has 1 unspecified atom stereocenters. The predicted octanol–water partition coefficient (Wildman–Crippen LogP) is 3.51. The van der Waals surface area contributed by atoms with Gasteiger partial charge in [-0.05, 0) is 44.4 Å². The van der Waals surface area contributed by atoms with Crippen molar-refractivity contribution in [3.63, 3.8) is 0 Å². The van der Waals surface area contributed by atoms with E-state index in [-0.39, 0.29) is 18.5 Å². The summed E-state index contributed by atoms with van der Waals surface area (Å²) in [6, 6.07) is 7.09. The van der Waals surface area contributed by atoms with Gasteiger partial charge in [-0.15, -0.1) is 0 Å². The third kappa shape index (κ3) is 5.77. The van der Waals surface area contributed by atoms with Crippen LogP contribution in [-0.2, 0) is 10.3 Å². The molecule has 0 radical (unpaired) electrons. The lowest BCUT2D eigenvalue weighted by molar-refractivity contribution is -0.137. The van der Waals surface area contributed by atoms with E-state index in [2.05, 4.69) is 17.2 Å². The molecule has 0 saturated carbocycles. The molecule has 0 spiro atoms. The number of carbonyl (C=O) groups excluding carboxylic acids is 1. The molecule has 1 aromatic carbocycles. The van der Waals surface area contributed by atoms with Crippen molar-refractivity contribution in [3.05, 3.63) is 42.0 Å². The Balaban J connectivity index is 2.80. The van der Waals surface area contributed by atoms with E-state index < -0.39 is 11.5 Å². The largest absolute Gasteiger partial charge is 0.481 e. The lowest BCUT2D eigenvalue weighted by Crippen LogP contribution is -2.49. The lowest BCUT2D eigenvalue weighted by Gasteiger charge is -2.28. The van der Waals surface area contributed by atoms with Gasteiger partial charge in [0.1, 0.15) is 0 Å². The highest BCUT2D eigenvalue weighted by Gasteiger charge is 2.24. The summed E-state index contributed by atoms with van der Waals surface area (Å²) in [5.74, 6) is -0.925. The van der Waals surface area contributed by atoms with Crippen molar-refractivity contribution >= 4 is 17.6 Å². The van der Waals surface area contributed by atoms with Crippen molar-refractivity contribution in [1.29, 1.82) is 0 Å². The minimum atomic E-state index is -0.925. The van der Waals surface area contributed by atoms with E-state index in [9.17, 15) is 9.59 Å². The average molecular weight is 318 g/mol. The lowest BCUT2D eigenvalue weighted by atomic mass is 9.92. The van der Waals surface area contributed by atoms with Gasteiger partial charge in [-0.2, -0.15) is 0 Å². The minimum Gasteiger partial charge on any atom is -0.481 e. The summed E-state index contributed by atoms with van der Waals surface area (Å²) >= 11 is 0. The van der Waals surface area contributed by atoms with E-state index in [1.807, 2.05) is 52.0 Å². The van der Waals surface area contributed by atoms with Gasteiger partial charge in [0.15, 0.2) is 0 Å². The van der Waals surface area contributed by atoms with Gasteiger partial charge in [0.25, 0.3) is 0 Å². The van der Waals surface area contributed by atoms with Crippen LogP contribution in [0.3, 0.4) is 0 Å². The fraction of sp³-hybridized carbons (Fsp3) is 0.444. The van der Waals surface area contributed by atoms with Gasteiger partial charge in [-0.3, -0.25) is 4.79 Å². The maximum Gasteiger partial charge on any atom is 0.315 e. The van der Waals surface area contributed by atoms with Crippen LogP contribution in [0, 0.1) is 0 Å². The van der Waals surface area contributed by atoms with Crippen molar-refractivity contribution < 1.29 is 14.7 Å². The van der Waals surface area contributed by atoms with Gasteiger partial charge < -0.3 is 15.7 Å². The third-order valence-electron chi connectivity index (χ3n) is 3.75. The Hall–Kier alpha value is -2.30. The molecule has 5 nitrogen and oxygen atoms in total. The molecule has 5 heteroatoms. The van der Waals surface area contributed by atoms with E-state index in [1.54, 1.807) is 0 Å². The first-order chi connectivity index (χ1) is 10.7. The van der Waals surface area contributed by atoms with Crippen LogP contribution in [0.1, 0.15) is 51.7 Å². The number of hydrogen-bond acceptors (Lipinski definition) is 2. The fourth-order valence-corrected chi connectivity index (χ4v) is 2.26. The molecule has 1 atom stereocenters. The summed E-state index contributed by atoms with van der Waals surface area (Å²) in [5, 5.41) is 14.5. The summed E-state index contributed by atoms with van der Waals surface area (Å²) in [5.41, 5.74) is 2.35. The van der Waals surface area contributed by atoms with E-state index >= 15 is 0 Å². The van der Waals surface area contributed by atoms with Crippen LogP contribution in [0.2, 0.25) is 0 Å². The first-order valence-electron chi connectivity index (χ1n) is 7.72. The molecule has 3 N–H and O–H groups in total. The van der Waals surface area contributed by atoms with Gasteiger partial charge in [0, 0.05) is 6.04 Å². The molecule has 126 valence electrons. The van der Waals surface area contributed by atoms with Gasteiger partial charge >= 0.3 is 12.0 Å². The number of carboxylic acids is 1. The molecular weight excluding hydrogens is 292 g/mol. The van der Waals surface area contributed by atoms with Crippen LogP contribution in [0.4, 0.5) is 4.79 Å². The number of nitrogens with one attached hydrogen (secondary N) is 2. The van der Waals surface area contributed by atoms with E-state index in [1.165, 1.54) is 0 Å². The van der Waals surface area contributed by atoms with Crippen LogP contribution < -0.4 is 10.6 Å². The number of benzene rings is 1. The molecule has 0 fully saturated rings. The number of urea groups is 1. The molecule has 0 aliphatic rings. The van der Waals surface area contributed by atoms with Crippen LogP contribution in [0.15, 0.2) is 30.8 Å². The maximum absolute atomic E-state index is 12.2. The molecule has 0 aromatic heterocycles. The zero-order chi connectivity index (χ0) is 17.6. The molecule has 0 saturated heterocycles. The van der Waals surface area contributed by atoms with Crippen molar-refractivity contribution in [2.45, 2.75) is 52.1 Å². The van der Waals surface area contributed by atoms with Crippen molar-refractivity contribution in [2.24, 2.45) is 0 Å². The molecule has 0 aliphatic heterocycles. The SMILES string of the molecule is C=C(C)c1cccc(C(C)(C)NC(=O)NC(CC)CC(=O)O)c1. The summed E-state index contributed by atoms with van der Waals surface area (Å²) in [7, 11) is 0. The highest BCUT2D eigenvalue weighted by atomic mass is 16.4. The van der Waals surface area contributed by atoms with Crippen LogP contribution in [-0.4, -0.2) is 23.1 Å². The van der Waals surface area contributed by atoms with Gasteiger partial charge in [-0.25, -0.2) is 4.79 Å². The number of aliphatic carboxylic acids is 1. The Morgan fingerprint density at radius 2 is 2.00 bits per heavy atom. The third-order valence-corrected chi connectivity index (χ3v) is 3.75. The number of hydrogen-bond donors (Lipinski definition) is 3. The zero-order valence-corrected chi connectivity index (χ0v) is 14.3. The number of rotatable bonds is 7. The van der Waals surface area contributed by atoms with Crippen LogP contribution in [0.25, 0.3) is 5.57 Å². The smallest absolute Gasteiger partial charge is 0.315 e. The van der Waals surface area contributed by atoms with Crippen molar-refractivity contribution in [2.75, 3.05) is 0 Å². The standard InChI is InChI=1S/C18H26N2O3/c1-6-15(11-16(21)22)19-17(23)20-18(4,5)14-9-7-8-13(10-14)12(2)3/h7-10,15H,2,6,11H2,1,3-5H3,(H,21,22)(H2,19,20,23). The van der Waals surface area contributed by atoms with Crippen molar-refractivity contribution in [1.82, 2.24) is 10.6 Å². The maximum atomic E-state index is 12.2. The molecule has 0 bridgehead atoms. The van der Waals surface area contributed by atoms with Crippen molar-refractivity contribution in [3.8, 4) is 0 Å². The Bertz CT molecular complexity index is 594. The average Bonchev–Trinajstić information content (AvgIpc) is 2.45. The monoisotopic (exact) mass is 318 g/mol. The zero-order valence-electron chi connectivity index (χ0n) is 14.3. The van der Waals surface area contributed by atoms with Crippen LogP contribution in [0.5, 0.6) is 0 Å². The number of carbonyl (C=O) groups is 2. The first-order valence-corrected chi connectivity index (χ1v) is 7.72. The highest BCUT2D eigenvalue weighted by molar-refractivity contribution is 5.76. The van der Waals surface area contributed by atoms with E-state index in [0.29, 0.717) is 6.42 Å². The molecule has 0 heterocycles. The van der Waals surface area contributed by atoms with Gasteiger partial charge in [-0.1, -0.05) is 37.3 Å². The summed E-state index contributed by atoms with van der Waals surface area (Å²) < 4.78 is 0. The first kappa shape index (κ1) is 18.7. The van der Waals surface area contributed by atoms with Crippen LogP contribution >= 0.6 is 0 Å². The second-order valence-corrected chi connectivity index (χ2v) is 6.29. The molecule has 2 amide bonds. The molecule has 1 aromatic rings. The highest BCUT2D eigenvalue weighted by Crippen LogP contribution is 2.23. The quantitative estimate of drug-likeness (QED) is 0.720. The Morgan fingerprint density at radius 3 is 2.52 bits per heavy atom. The minimum absolute atomic E-state index is 0.0878. The Morgan fingerprint density at radius 1 is 1.35 bits per heavy atom. The summed E-state index contributed by atoms with van der Waals surface area (Å²) in [6.07, 6.45) is 0.473. The molecule has 0 aliphatic carbocycles. The second kappa shape index (κ2) is 7.81. The van der Waals surface area contributed by atoms with Gasteiger partial charge in [0.05, 0.1) is 12.0 Å². The fourth-order valence-electron chi connectivity index (χ4n) is 2.26. The Labute approximate surface area is 137 Å². The number of allylic oxidation sites excluding steroid dienone is 1. The van der Waals surface area contributed by atoms with Gasteiger partial charge in [0.2, 0.25) is 0 Å².